The van der Waals surface area contributed by atoms with Crippen LogP contribution in [0.25, 0.3) is 0 Å². The highest BCUT2D eigenvalue weighted by Gasteiger charge is 2.14. The highest BCUT2D eigenvalue weighted by atomic mass is 127. The Bertz CT molecular complexity index is 388. The minimum absolute atomic E-state index is 0.160. The maximum absolute atomic E-state index is 12.7. The van der Waals surface area contributed by atoms with Crippen molar-refractivity contribution in [2.75, 3.05) is 0 Å². The van der Waals surface area contributed by atoms with Gasteiger partial charge in [-0.15, -0.1) is 0 Å². The van der Waals surface area contributed by atoms with E-state index < -0.39 is 0 Å². The Morgan fingerprint density at radius 1 is 0.800 bits per heavy atom. The minimum Gasteiger partial charge on any atom is -0.207 e. The third-order valence-electron chi connectivity index (χ3n) is 2.03. The van der Waals surface area contributed by atoms with E-state index in [-0.39, 0.29) is 27.0 Å². The lowest BCUT2D eigenvalue weighted by Crippen LogP contribution is -3.61. The fourth-order valence-electron chi connectivity index (χ4n) is 1.21. The molecule has 0 spiro atoms. The van der Waals surface area contributed by atoms with Crippen LogP contribution < -0.4 is 21.2 Å². The lowest BCUT2D eigenvalue weighted by molar-refractivity contribution is -0.597. The zero-order valence-electron chi connectivity index (χ0n) is 8.37. The number of rotatable bonds is 2. The van der Waals surface area contributed by atoms with Crippen molar-refractivity contribution in [3.63, 3.8) is 0 Å². The Balaban J connectivity index is 2.15. The molecule has 76 valence electrons. The van der Waals surface area contributed by atoms with Gasteiger partial charge in [0.1, 0.15) is 5.82 Å². The standard InChI is InChI=1S/C13H11FI/c1-10-2-6-12(7-3-10)15-13-8-4-11(14)5-9-13/h2-9H,1H3/q+1. The van der Waals surface area contributed by atoms with Crippen LogP contribution in [0.1, 0.15) is 5.56 Å². The summed E-state index contributed by atoms with van der Waals surface area (Å²) in [5, 5.41) is 0. The van der Waals surface area contributed by atoms with Crippen LogP contribution in [0, 0.1) is 19.9 Å². The summed E-state index contributed by atoms with van der Waals surface area (Å²) in [6.07, 6.45) is 0. The van der Waals surface area contributed by atoms with E-state index in [4.69, 9.17) is 0 Å². The van der Waals surface area contributed by atoms with E-state index in [0.29, 0.717) is 0 Å². The van der Waals surface area contributed by atoms with Crippen LogP contribution in [0.2, 0.25) is 0 Å². The van der Waals surface area contributed by atoms with Crippen molar-refractivity contribution >= 4 is 0 Å². The van der Waals surface area contributed by atoms with Gasteiger partial charge in [0, 0.05) is 0 Å². The van der Waals surface area contributed by atoms with E-state index in [1.165, 1.54) is 24.8 Å². The smallest absolute Gasteiger partial charge is 0.207 e. The SMILES string of the molecule is Cc1ccc([I+]c2ccc(F)cc2)cc1. The molecule has 2 heteroatoms. The largest absolute Gasteiger partial charge is 0.357 e. The average molecular weight is 313 g/mol. The lowest BCUT2D eigenvalue weighted by atomic mass is 10.2. The molecule has 0 aliphatic carbocycles. The highest BCUT2D eigenvalue weighted by molar-refractivity contribution is 5.12. The molecule has 0 heterocycles. The molecular weight excluding hydrogens is 302 g/mol. The predicted molar refractivity (Wildman–Crippen MR) is 55.0 cm³/mol. The zero-order valence-corrected chi connectivity index (χ0v) is 10.5. The summed E-state index contributed by atoms with van der Waals surface area (Å²) in [6.45, 7) is 2.08. The molecule has 0 bridgehead atoms. The average Bonchev–Trinajstić information content (AvgIpc) is 2.25. The second kappa shape index (κ2) is 4.75. The summed E-state index contributed by atoms with van der Waals surface area (Å²) in [5.74, 6) is -0.160. The molecule has 0 aromatic heterocycles. The second-order valence-corrected chi connectivity index (χ2v) is 6.36. The van der Waals surface area contributed by atoms with Gasteiger partial charge in [0.15, 0.2) is 7.14 Å². The molecule has 2 aromatic carbocycles. The van der Waals surface area contributed by atoms with Crippen molar-refractivity contribution in [2.24, 2.45) is 0 Å². The summed E-state index contributed by atoms with van der Waals surface area (Å²) < 4.78 is 15.3. The Morgan fingerprint density at radius 3 is 1.80 bits per heavy atom. The molecule has 0 amide bonds. The van der Waals surface area contributed by atoms with Crippen molar-refractivity contribution < 1.29 is 25.6 Å². The van der Waals surface area contributed by atoms with Gasteiger partial charge in [-0.1, -0.05) is 17.7 Å². The van der Waals surface area contributed by atoms with Crippen molar-refractivity contribution in [3.8, 4) is 0 Å². The van der Waals surface area contributed by atoms with Crippen LogP contribution in [-0.2, 0) is 0 Å². The number of halogens is 2. The van der Waals surface area contributed by atoms with E-state index in [9.17, 15) is 4.39 Å². The van der Waals surface area contributed by atoms with Crippen molar-refractivity contribution in [3.05, 3.63) is 67.1 Å². The molecule has 15 heavy (non-hydrogen) atoms. The molecule has 0 unspecified atom stereocenters. The first-order valence-electron chi connectivity index (χ1n) is 4.71. The molecule has 0 aliphatic rings. The predicted octanol–water partition coefficient (Wildman–Crippen LogP) is 0.263. The van der Waals surface area contributed by atoms with Crippen molar-refractivity contribution in [2.45, 2.75) is 6.92 Å². The fourth-order valence-corrected chi connectivity index (χ4v) is 3.37. The van der Waals surface area contributed by atoms with Gasteiger partial charge in [0.25, 0.3) is 0 Å². The van der Waals surface area contributed by atoms with Crippen LogP contribution in [0.4, 0.5) is 4.39 Å². The van der Waals surface area contributed by atoms with E-state index in [0.717, 1.165) is 0 Å². The molecule has 2 rings (SSSR count). The summed E-state index contributed by atoms with van der Waals surface area (Å²) in [7, 11) is 0. The second-order valence-electron chi connectivity index (χ2n) is 3.33. The lowest BCUT2D eigenvalue weighted by Gasteiger charge is -1.89. The highest BCUT2D eigenvalue weighted by Crippen LogP contribution is 1.95. The number of hydrogen-bond donors (Lipinski definition) is 0. The Hall–Kier alpha value is -0.900. The molecule has 0 radical (unpaired) electrons. The van der Waals surface area contributed by atoms with E-state index in [1.54, 1.807) is 0 Å². The molecule has 0 atom stereocenters. The van der Waals surface area contributed by atoms with E-state index >= 15 is 0 Å². The Morgan fingerprint density at radius 2 is 1.27 bits per heavy atom. The van der Waals surface area contributed by atoms with Gasteiger partial charge in [0.05, 0.1) is 0 Å². The van der Waals surface area contributed by atoms with Crippen LogP contribution in [0.5, 0.6) is 0 Å². The molecule has 0 nitrogen and oxygen atoms in total. The molecule has 0 saturated heterocycles. The van der Waals surface area contributed by atoms with Gasteiger partial charge in [-0.05, 0) is 43.3 Å². The van der Waals surface area contributed by atoms with Gasteiger partial charge < -0.3 is 0 Å². The first kappa shape index (κ1) is 10.6. The van der Waals surface area contributed by atoms with Crippen molar-refractivity contribution in [1.82, 2.24) is 0 Å². The third-order valence-corrected chi connectivity index (χ3v) is 4.72. The molecule has 0 fully saturated rings. The van der Waals surface area contributed by atoms with Gasteiger partial charge in [-0.2, -0.15) is 0 Å². The quantitative estimate of drug-likeness (QED) is 0.698. The van der Waals surface area contributed by atoms with Crippen LogP contribution in [0.3, 0.4) is 0 Å². The molecule has 0 saturated carbocycles. The third kappa shape index (κ3) is 3.02. The molecule has 0 N–H and O–H groups in total. The topological polar surface area (TPSA) is 0 Å². The molecule has 2 aromatic rings. The fraction of sp³-hybridized carbons (Fsp3) is 0.0769. The number of aryl methyl sites for hydroxylation is 1. The zero-order chi connectivity index (χ0) is 10.7. The Kier molecular flexibility index (Phi) is 3.36. The van der Waals surface area contributed by atoms with Gasteiger partial charge >= 0.3 is 21.2 Å². The first-order chi connectivity index (χ1) is 7.24. The summed E-state index contributed by atoms with van der Waals surface area (Å²) >= 11 is -0.164. The summed E-state index contributed by atoms with van der Waals surface area (Å²) in [4.78, 5) is 0. The summed E-state index contributed by atoms with van der Waals surface area (Å²) in [6, 6.07) is 15.4. The van der Waals surface area contributed by atoms with Crippen molar-refractivity contribution in [1.29, 1.82) is 0 Å². The Labute approximate surface area is 99.4 Å². The maximum Gasteiger partial charge on any atom is 0.357 e. The molecular formula is C13H11FI+. The maximum atomic E-state index is 12.7. The van der Waals surface area contributed by atoms with Crippen LogP contribution in [0.15, 0.2) is 48.5 Å². The normalized spacial score (nSPS) is 10.3. The van der Waals surface area contributed by atoms with Gasteiger partial charge in [-0.3, -0.25) is 0 Å². The number of hydrogen-bond acceptors (Lipinski definition) is 0. The summed E-state index contributed by atoms with van der Waals surface area (Å²) in [5.41, 5.74) is 1.28. The van der Waals surface area contributed by atoms with E-state index in [2.05, 4.69) is 31.2 Å². The van der Waals surface area contributed by atoms with Gasteiger partial charge in [0.2, 0.25) is 0 Å². The van der Waals surface area contributed by atoms with Crippen LogP contribution in [-0.4, -0.2) is 0 Å². The first-order valence-corrected chi connectivity index (χ1v) is 6.87. The van der Waals surface area contributed by atoms with Gasteiger partial charge in [-0.25, -0.2) is 4.39 Å². The minimum atomic E-state index is -0.164. The monoisotopic (exact) mass is 313 g/mol. The molecule has 0 aliphatic heterocycles. The number of benzene rings is 2. The van der Waals surface area contributed by atoms with Crippen LogP contribution >= 0.6 is 0 Å². The van der Waals surface area contributed by atoms with E-state index in [1.807, 2.05) is 12.1 Å².